The van der Waals surface area contributed by atoms with Crippen LogP contribution in [0.4, 0.5) is 18.9 Å². The number of aliphatic hydroxyl groups excluding tert-OH is 1. The molecular weight excluding hydrogens is 343 g/mol. The van der Waals surface area contributed by atoms with Crippen LogP contribution in [-0.2, 0) is 6.54 Å². The van der Waals surface area contributed by atoms with Crippen LogP contribution in [0.5, 0.6) is 0 Å². The van der Waals surface area contributed by atoms with E-state index in [0.29, 0.717) is 4.68 Å². The van der Waals surface area contributed by atoms with E-state index in [2.05, 4.69) is 26.3 Å². The van der Waals surface area contributed by atoms with Crippen LogP contribution in [0.3, 0.4) is 0 Å². The third kappa shape index (κ3) is 4.48. The molecule has 0 bridgehead atoms. The lowest BCUT2D eigenvalue weighted by atomic mass is 10.1. The van der Waals surface area contributed by atoms with Gasteiger partial charge in [0.05, 0.1) is 24.5 Å². The summed E-state index contributed by atoms with van der Waals surface area (Å²) in [5, 5.41) is 15.5. The molecule has 2 N–H and O–H groups in total. The first-order valence-corrected chi connectivity index (χ1v) is 6.64. The number of aliphatic hydroxyl groups is 1. The van der Waals surface area contributed by atoms with Crippen molar-refractivity contribution >= 4 is 21.6 Å². The topological polar surface area (TPSA) is 67.2 Å². The molecule has 1 aromatic heterocycles. The van der Waals surface area contributed by atoms with Gasteiger partial charge in [-0.2, -0.15) is 18.3 Å². The molecule has 9 heteroatoms. The molecule has 1 unspecified atom stereocenters. The fraction of sp³-hybridized carbons (Fsp3) is 0.636. The normalized spacial score (nSPS) is 13.6. The molecule has 0 aromatic carbocycles. The molecule has 0 aliphatic rings. The summed E-state index contributed by atoms with van der Waals surface area (Å²) in [4.78, 5) is 11.8. The minimum Gasteiger partial charge on any atom is -0.394 e. The Labute approximate surface area is 121 Å². The molecule has 114 valence electrons. The van der Waals surface area contributed by atoms with Crippen LogP contribution >= 0.6 is 15.9 Å². The zero-order chi connectivity index (χ0) is 15.5. The SMILES string of the molecule is CC(C)C(CO)Nc1cnn(CC(F)(F)F)c(=O)c1Br. The number of alkyl halides is 3. The van der Waals surface area contributed by atoms with E-state index in [1.807, 2.05) is 13.8 Å². The zero-order valence-electron chi connectivity index (χ0n) is 10.9. The molecule has 0 saturated carbocycles. The van der Waals surface area contributed by atoms with E-state index >= 15 is 0 Å². The predicted octanol–water partition coefficient (Wildman–Crippen LogP) is 2.00. The Morgan fingerprint density at radius 1 is 1.50 bits per heavy atom. The fourth-order valence-corrected chi connectivity index (χ4v) is 1.89. The van der Waals surface area contributed by atoms with Crippen molar-refractivity contribution in [1.82, 2.24) is 9.78 Å². The van der Waals surface area contributed by atoms with Crippen molar-refractivity contribution in [1.29, 1.82) is 0 Å². The van der Waals surface area contributed by atoms with E-state index in [-0.39, 0.29) is 28.7 Å². The van der Waals surface area contributed by atoms with E-state index in [9.17, 15) is 23.1 Å². The number of nitrogens with zero attached hydrogens (tertiary/aromatic N) is 2. The van der Waals surface area contributed by atoms with Gasteiger partial charge in [-0.1, -0.05) is 13.8 Å². The maximum atomic E-state index is 12.3. The molecule has 0 radical (unpaired) electrons. The van der Waals surface area contributed by atoms with Gasteiger partial charge in [0, 0.05) is 0 Å². The number of nitrogens with one attached hydrogen (secondary N) is 1. The van der Waals surface area contributed by atoms with Gasteiger partial charge in [-0.25, -0.2) is 4.68 Å². The average Bonchev–Trinajstić information content (AvgIpc) is 2.32. The van der Waals surface area contributed by atoms with Crippen LogP contribution in [0.15, 0.2) is 15.5 Å². The summed E-state index contributed by atoms with van der Waals surface area (Å²) in [6, 6.07) is -0.328. The molecule has 1 atom stereocenters. The van der Waals surface area contributed by atoms with Gasteiger partial charge in [-0.3, -0.25) is 4.79 Å². The molecule has 0 saturated heterocycles. The highest BCUT2D eigenvalue weighted by Crippen LogP contribution is 2.21. The molecule has 5 nitrogen and oxygen atoms in total. The van der Waals surface area contributed by atoms with E-state index in [0.717, 1.165) is 6.20 Å². The van der Waals surface area contributed by atoms with Gasteiger partial charge in [0.2, 0.25) is 0 Å². The smallest absolute Gasteiger partial charge is 0.394 e. The molecule has 1 rings (SSSR count). The van der Waals surface area contributed by atoms with Gasteiger partial charge in [-0.15, -0.1) is 0 Å². The highest BCUT2D eigenvalue weighted by molar-refractivity contribution is 9.10. The molecule has 0 aliphatic heterocycles. The monoisotopic (exact) mass is 357 g/mol. The molecule has 1 heterocycles. The number of rotatable bonds is 5. The van der Waals surface area contributed by atoms with Gasteiger partial charge in [-0.05, 0) is 21.8 Å². The first kappa shape index (κ1) is 17.0. The average molecular weight is 358 g/mol. The molecule has 1 aromatic rings. The third-order valence-electron chi connectivity index (χ3n) is 2.66. The van der Waals surface area contributed by atoms with Crippen LogP contribution in [0.25, 0.3) is 0 Å². The number of hydrogen-bond donors (Lipinski definition) is 2. The number of halogens is 4. The predicted molar refractivity (Wildman–Crippen MR) is 71.6 cm³/mol. The van der Waals surface area contributed by atoms with Crippen LogP contribution in [0.1, 0.15) is 13.8 Å². The van der Waals surface area contributed by atoms with E-state index in [1.165, 1.54) is 0 Å². The maximum Gasteiger partial charge on any atom is 0.408 e. The Morgan fingerprint density at radius 2 is 2.10 bits per heavy atom. The number of anilines is 1. The minimum atomic E-state index is -4.52. The lowest BCUT2D eigenvalue weighted by molar-refractivity contribution is -0.143. The lowest BCUT2D eigenvalue weighted by Gasteiger charge is -2.21. The summed E-state index contributed by atoms with van der Waals surface area (Å²) in [5.41, 5.74) is -0.631. The molecule has 20 heavy (non-hydrogen) atoms. The number of hydrogen-bond acceptors (Lipinski definition) is 4. The Morgan fingerprint density at radius 3 is 2.55 bits per heavy atom. The van der Waals surface area contributed by atoms with Gasteiger partial charge in [0.25, 0.3) is 5.56 Å². The zero-order valence-corrected chi connectivity index (χ0v) is 12.5. The quantitative estimate of drug-likeness (QED) is 0.845. The van der Waals surface area contributed by atoms with Crippen molar-refractivity contribution in [2.24, 2.45) is 5.92 Å². The van der Waals surface area contributed by atoms with Gasteiger partial charge >= 0.3 is 6.18 Å². The Kier molecular flexibility index (Phi) is 5.58. The van der Waals surface area contributed by atoms with Crippen LogP contribution < -0.4 is 10.9 Å². The maximum absolute atomic E-state index is 12.3. The van der Waals surface area contributed by atoms with Gasteiger partial charge in [0.1, 0.15) is 11.0 Å². The van der Waals surface area contributed by atoms with E-state index < -0.39 is 18.3 Å². The molecule has 0 aliphatic carbocycles. The van der Waals surface area contributed by atoms with E-state index in [4.69, 9.17) is 0 Å². The van der Waals surface area contributed by atoms with Crippen LogP contribution in [-0.4, -0.2) is 33.7 Å². The second-order valence-electron chi connectivity index (χ2n) is 4.63. The van der Waals surface area contributed by atoms with Crippen molar-refractivity contribution < 1.29 is 18.3 Å². The van der Waals surface area contributed by atoms with Crippen molar-refractivity contribution in [3.8, 4) is 0 Å². The van der Waals surface area contributed by atoms with Crippen molar-refractivity contribution in [2.75, 3.05) is 11.9 Å². The molecule has 0 amide bonds. The summed E-state index contributed by atoms with van der Waals surface area (Å²) in [6.07, 6.45) is -3.39. The van der Waals surface area contributed by atoms with Gasteiger partial charge < -0.3 is 10.4 Å². The first-order chi connectivity index (χ1) is 9.15. The Balaban J connectivity index is 3.03. The van der Waals surface area contributed by atoms with Crippen LogP contribution in [0.2, 0.25) is 0 Å². The fourth-order valence-electron chi connectivity index (χ4n) is 1.47. The second kappa shape index (κ2) is 6.57. The summed E-state index contributed by atoms with van der Waals surface area (Å²) >= 11 is 2.96. The van der Waals surface area contributed by atoms with Crippen LogP contribution in [0, 0.1) is 5.92 Å². The molecular formula is C11H15BrF3N3O2. The summed E-state index contributed by atoms with van der Waals surface area (Å²) in [5.74, 6) is 0.0736. The highest BCUT2D eigenvalue weighted by Gasteiger charge is 2.29. The van der Waals surface area contributed by atoms with Gasteiger partial charge in [0.15, 0.2) is 0 Å². The van der Waals surface area contributed by atoms with Crippen molar-refractivity contribution in [2.45, 2.75) is 32.6 Å². The van der Waals surface area contributed by atoms with E-state index in [1.54, 1.807) is 0 Å². The molecule has 0 fully saturated rings. The summed E-state index contributed by atoms with van der Waals surface area (Å²) < 4.78 is 37.1. The Bertz CT molecular complexity index is 517. The van der Waals surface area contributed by atoms with Crippen molar-refractivity contribution in [3.05, 3.63) is 21.0 Å². The Hall–Kier alpha value is -1.09. The third-order valence-corrected chi connectivity index (χ3v) is 3.42. The summed E-state index contributed by atoms with van der Waals surface area (Å²) in [7, 11) is 0. The summed E-state index contributed by atoms with van der Waals surface area (Å²) in [6.45, 7) is 2.11. The number of aromatic nitrogens is 2. The largest absolute Gasteiger partial charge is 0.408 e. The minimum absolute atomic E-state index is 0.0455. The lowest BCUT2D eigenvalue weighted by Crippen LogP contribution is -2.34. The standard InChI is InChI=1S/C11H15BrF3N3O2/c1-6(2)8(4-19)17-7-3-16-18(5-11(13,14)15)10(20)9(7)12/h3,6,8,17,19H,4-5H2,1-2H3. The molecule has 0 spiro atoms. The first-order valence-electron chi connectivity index (χ1n) is 5.85. The second-order valence-corrected chi connectivity index (χ2v) is 5.42. The van der Waals surface area contributed by atoms with Crippen molar-refractivity contribution in [3.63, 3.8) is 0 Å². The highest BCUT2D eigenvalue weighted by atomic mass is 79.9.